The van der Waals surface area contributed by atoms with Crippen molar-refractivity contribution in [3.05, 3.63) is 47.2 Å². The van der Waals surface area contributed by atoms with Gasteiger partial charge in [-0.3, -0.25) is 0 Å². The predicted molar refractivity (Wildman–Crippen MR) is 112 cm³/mol. The lowest BCUT2D eigenvalue weighted by molar-refractivity contribution is -0.000232. The van der Waals surface area contributed by atoms with Gasteiger partial charge in [0.25, 0.3) is 0 Å². The summed E-state index contributed by atoms with van der Waals surface area (Å²) < 4.78 is 18.2. The van der Waals surface area contributed by atoms with Gasteiger partial charge in [-0.1, -0.05) is 22.0 Å². The predicted octanol–water partition coefficient (Wildman–Crippen LogP) is 3.51. The highest BCUT2D eigenvalue weighted by Gasteiger charge is 2.17. The third-order valence-electron chi connectivity index (χ3n) is 4.44. The lowest BCUT2D eigenvalue weighted by atomic mass is 10.2. The number of anilines is 2. The molecule has 1 aromatic heterocycles. The van der Waals surface area contributed by atoms with Gasteiger partial charge in [-0.2, -0.15) is 0 Å². The number of hydrogen-bond acceptors (Lipinski definition) is 7. The Balaban J connectivity index is 1.63. The smallest absolute Gasteiger partial charge is 0.162 e. The van der Waals surface area contributed by atoms with Crippen molar-refractivity contribution in [2.45, 2.75) is 6.10 Å². The highest BCUT2D eigenvalue weighted by atomic mass is 79.9. The molecule has 2 heterocycles. The second-order valence-corrected chi connectivity index (χ2v) is 7.30. The Kier molecular flexibility index (Phi) is 5.90. The molecule has 1 aliphatic rings. The average Bonchev–Trinajstić information content (AvgIpc) is 2.72. The molecule has 8 heteroatoms. The summed E-state index contributed by atoms with van der Waals surface area (Å²) in [4.78, 5) is 8.78. The number of nitrogens with one attached hydrogen (secondary N) is 2. The van der Waals surface area contributed by atoms with E-state index in [2.05, 4.69) is 36.5 Å². The molecule has 0 spiro atoms. The van der Waals surface area contributed by atoms with E-state index in [9.17, 15) is 0 Å². The SMILES string of the molecule is COc1cc2ncnc(Nc3cccc(Br)c3)c2cc1OCC1CNCCO1. The Hall–Kier alpha value is -2.42. The summed E-state index contributed by atoms with van der Waals surface area (Å²) in [5.74, 6) is 1.96. The molecule has 4 rings (SSSR count). The fraction of sp³-hybridized carbons (Fsp3) is 0.300. The van der Waals surface area contributed by atoms with Crippen molar-refractivity contribution in [1.29, 1.82) is 0 Å². The van der Waals surface area contributed by atoms with Gasteiger partial charge in [0, 0.05) is 34.7 Å². The number of aromatic nitrogens is 2. The highest BCUT2D eigenvalue weighted by molar-refractivity contribution is 9.10. The van der Waals surface area contributed by atoms with Crippen LogP contribution < -0.4 is 20.1 Å². The molecule has 1 saturated heterocycles. The molecular weight excluding hydrogens is 424 g/mol. The van der Waals surface area contributed by atoms with E-state index < -0.39 is 0 Å². The largest absolute Gasteiger partial charge is 0.493 e. The zero-order chi connectivity index (χ0) is 19.3. The van der Waals surface area contributed by atoms with Crippen LogP contribution in [0.5, 0.6) is 11.5 Å². The Labute approximate surface area is 171 Å². The number of fused-ring (bicyclic) bond motifs is 1. The van der Waals surface area contributed by atoms with Crippen LogP contribution in [-0.2, 0) is 4.74 Å². The van der Waals surface area contributed by atoms with Crippen molar-refractivity contribution in [3.8, 4) is 11.5 Å². The molecule has 3 aromatic rings. The quantitative estimate of drug-likeness (QED) is 0.601. The lowest BCUT2D eigenvalue weighted by Crippen LogP contribution is -2.41. The van der Waals surface area contributed by atoms with Gasteiger partial charge in [0.2, 0.25) is 0 Å². The Morgan fingerprint density at radius 1 is 1.25 bits per heavy atom. The van der Waals surface area contributed by atoms with Crippen LogP contribution in [0.1, 0.15) is 0 Å². The zero-order valence-corrected chi connectivity index (χ0v) is 17.0. The van der Waals surface area contributed by atoms with Crippen molar-refractivity contribution in [3.63, 3.8) is 0 Å². The number of methoxy groups -OCH3 is 1. The summed E-state index contributed by atoms with van der Waals surface area (Å²) in [7, 11) is 1.62. The monoisotopic (exact) mass is 444 g/mol. The molecule has 1 unspecified atom stereocenters. The Bertz CT molecular complexity index is 963. The zero-order valence-electron chi connectivity index (χ0n) is 15.4. The average molecular weight is 445 g/mol. The number of rotatable bonds is 6. The molecule has 1 atom stereocenters. The molecule has 0 amide bonds. The van der Waals surface area contributed by atoms with Crippen LogP contribution >= 0.6 is 15.9 Å². The van der Waals surface area contributed by atoms with Crippen LogP contribution in [0.15, 0.2) is 47.2 Å². The maximum atomic E-state index is 6.02. The molecule has 2 N–H and O–H groups in total. The van der Waals surface area contributed by atoms with E-state index >= 15 is 0 Å². The van der Waals surface area contributed by atoms with Crippen molar-refractivity contribution in [2.75, 3.05) is 38.7 Å². The summed E-state index contributed by atoms with van der Waals surface area (Å²) in [5, 5.41) is 7.49. The standard InChI is InChI=1S/C20H21BrN4O3/c1-26-18-9-17-16(8-19(18)28-11-15-10-22-5-6-27-15)20(24-12-23-17)25-14-4-2-3-13(21)7-14/h2-4,7-9,12,15,22H,5-6,10-11H2,1H3,(H,23,24,25). The van der Waals surface area contributed by atoms with Gasteiger partial charge in [0.1, 0.15) is 24.9 Å². The summed E-state index contributed by atoms with van der Waals surface area (Å²) in [6.45, 7) is 2.78. The number of halogens is 1. The minimum absolute atomic E-state index is 0.0143. The van der Waals surface area contributed by atoms with Crippen LogP contribution in [0, 0.1) is 0 Å². The summed E-state index contributed by atoms with van der Waals surface area (Å²) in [5.41, 5.74) is 1.70. The minimum atomic E-state index is 0.0143. The fourth-order valence-electron chi connectivity index (χ4n) is 3.05. The Morgan fingerprint density at radius 2 is 2.18 bits per heavy atom. The Morgan fingerprint density at radius 3 is 2.96 bits per heavy atom. The lowest BCUT2D eigenvalue weighted by Gasteiger charge is -2.24. The van der Waals surface area contributed by atoms with E-state index in [0.29, 0.717) is 30.5 Å². The molecule has 1 aliphatic heterocycles. The van der Waals surface area contributed by atoms with Crippen molar-refractivity contribution >= 4 is 38.3 Å². The van der Waals surface area contributed by atoms with Gasteiger partial charge in [-0.15, -0.1) is 0 Å². The van der Waals surface area contributed by atoms with E-state index in [1.54, 1.807) is 7.11 Å². The van der Waals surface area contributed by atoms with Gasteiger partial charge < -0.3 is 24.8 Å². The van der Waals surface area contributed by atoms with Crippen LogP contribution in [0.4, 0.5) is 11.5 Å². The van der Waals surface area contributed by atoms with E-state index in [-0.39, 0.29) is 6.10 Å². The molecule has 7 nitrogen and oxygen atoms in total. The summed E-state index contributed by atoms with van der Waals surface area (Å²) >= 11 is 3.49. The van der Waals surface area contributed by atoms with Crippen LogP contribution in [0.3, 0.4) is 0 Å². The number of ether oxygens (including phenoxy) is 3. The van der Waals surface area contributed by atoms with Crippen LogP contribution in [-0.4, -0.2) is 49.5 Å². The molecule has 146 valence electrons. The van der Waals surface area contributed by atoms with E-state index in [1.165, 1.54) is 6.33 Å². The van der Waals surface area contributed by atoms with Crippen molar-refractivity contribution < 1.29 is 14.2 Å². The summed E-state index contributed by atoms with van der Waals surface area (Å²) in [6, 6.07) is 11.7. The molecule has 0 bridgehead atoms. The number of benzene rings is 2. The summed E-state index contributed by atoms with van der Waals surface area (Å²) in [6.07, 6.45) is 1.55. The topological polar surface area (TPSA) is 77.5 Å². The number of nitrogens with zero attached hydrogens (tertiary/aromatic N) is 2. The number of morpholine rings is 1. The van der Waals surface area contributed by atoms with Gasteiger partial charge in [0.15, 0.2) is 11.5 Å². The van der Waals surface area contributed by atoms with Gasteiger partial charge in [-0.05, 0) is 24.3 Å². The van der Waals surface area contributed by atoms with Gasteiger partial charge in [-0.25, -0.2) is 9.97 Å². The van der Waals surface area contributed by atoms with Gasteiger partial charge >= 0.3 is 0 Å². The first-order valence-corrected chi connectivity index (χ1v) is 9.82. The molecule has 28 heavy (non-hydrogen) atoms. The molecular formula is C20H21BrN4O3. The van der Waals surface area contributed by atoms with Crippen LogP contribution in [0.2, 0.25) is 0 Å². The fourth-order valence-corrected chi connectivity index (χ4v) is 3.45. The maximum absolute atomic E-state index is 6.02. The second-order valence-electron chi connectivity index (χ2n) is 6.39. The van der Waals surface area contributed by atoms with Crippen LogP contribution in [0.25, 0.3) is 10.9 Å². The van der Waals surface area contributed by atoms with E-state index in [1.807, 2.05) is 36.4 Å². The molecule has 0 aliphatic carbocycles. The van der Waals surface area contributed by atoms with E-state index in [0.717, 1.165) is 34.2 Å². The first-order valence-electron chi connectivity index (χ1n) is 9.03. The van der Waals surface area contributed by atoms with Gasteiger partial charge in [0.05, 0.1) is 19.2 Å². The van der Waals surface area contributed by atoms with Crippen molar-refractivity contribution in [1.82, 2.24) is 15.3 Å². The molecule has 0 saturated carbocycles. The van der Waals surface area contributed by atoms with Crippen molar-refractivity contribution in [2.24, 2.45) is 0 Å². The third-order valence-corrected chi connectivity index (χ3v) is 4.93. The number of hydrogen-bond donors (Lipinski definition) is 2. The minimum Gasteiger partial charge on any atom is -0.493 e. The molecule has 1 fully saturated rings. The highest BCUT2D eigenvalue weighted by Crippen LogP contribution is 2.35. The van der Waals surface area contributed by atoms with E-state index in [4.69, 9.17) is 14.2 Å². The maximum Gasteiger partial charge on any atom is 0.162 e. The second kappa shape index (κ2) is 8.72. The first kappa shape index (κ1) is 18.9. The third kappa shape index (κ3) is 4.35. The molecule has 2 aromatic carbocycles. The first-order chi connectivity index (χ1) is 13.7. The normalized spacial score (nSPS) is 16.7. The molecule has 0 radical (unpaired) electrons.